The number of rotatable bonds is 10. The summed E-state index contributed by atoms with van der Waals surface area (Å²) in [6.07, 6.45) is 2.76. The lowest BCUT2D eigenvalue weighted by Crippen LogP contribution is -2.19. The summed E-state index contributed by atoms with van der Waals surface area (Å²) in [4.78, 5) is 8.47. The van der Waals surface area contributed by atoms with Crippen molar-refractivity contribution in [2.75, 3.05) is 37.4 Å². The molecule has 0 atom stereocenters. The zero-order valence-corrected chi connectivity index (χ0v) is 14.1. The molecule has 0 aliphatic rings. The van der Waals surface area contributed by atoms with Crippen molar-refractivity contribution in [2.24, 2.45) is 0 Å². The molecule has 2 aromatic rings. The number of likely N-dealkylation sites (N-methyl/N-ethyl adjacent to an activating group) is 1. The van der Waals surface area contributed by atoms with Crippen LogP contribution in [0.5, 0.6) is 5.75 Å². The molecule has 0 aliphatic heterocycles. The summed E-state index contributed by atoms with van der Waals surface area (Å²) in [5.74, 6) is 2.13. The van der Waals surface area contributed by atoms with Crippen LogP contribution in [0.4, 0.5) is 11.6 Å². The highest BCUT2D eigenvalue weighted by molar-refractivity contribution is 5.90. The predicted octanol–water partition coefficient (Wildman–Crippen LogP) is 2.12. The summed E-state index contributed by atoms with van der Waals surface area (Å²) < 4.78 is 5.51. The van der Waals surface area contributed by atoms with E-state index in [1.54, 1.807) is 0 Å². The molecule has 0 fully saturated rings. The maximum absolute atomic E-state index is 7.66. The molecule has 7 heteroatoms. The van der Waals surface area contributed by atoms with Crippen LogP contribution in [-0.4, -0.2) is 42.9 Å². The molecule has 128 valence electrons. The normalized spacial score (nSPS) is 10.2. The lowest BCUT2D eigenvalue weighted by molar-refractivity contribution is 0.340. The molecule has 0 amide bonds. The number of benzene rings is 1. The molecule has 1 heterocycles. The van der Waals surface area contributed by atoms with Gasteiger partial charge in [0, 0.05) is 25.8 Å². The minimum absolute atomic E-state index is 0.592. The van der Waals surface area contributed by atoms with Crippen LogP contribution in [0.2, 0.25) is 0 Å². The van der Waals surface area contributed by atoms with Gasteiger partial charge in [0.25, 0.3) is 0 Å². The van der Waals surface area contributed by atoms with Gasteiger partial charge in [0.2, 0.25) is 0 Å². The third-order valence-electron chi connectivity index (χ3n) is 3.37. The van der Waals surface area contributed by atoms with E-state index in [9.17, 15) is 0 Å². The molecular weight excluding hydrogens is 304 g/mol. The van der Waals surface area contributed by atoms with Crippen LogP contribution in [-0.2, 0) is 6.54 Å². The summed E-state index contributed by atoms with van der Waals surface area (Å²) >= 11 is 0. The minimum atomic E-state index is 0.592. The third-order valence-corrected chi connectivity index (χ3v) is 3.37. The number of anilines is 2. The van der Waals surface area contributed by atoms with E-state index >= 15 is 0 Å². The molecule has 0 radical (unpaired) electrons. The van der Waals surface area contributed by atoms with Gasteiger partial charge in [0.15, 0.2) is 0 Å². The molecule has 0 saturated carbocycles. The van der Waals surface area contributed by atoms with E-state index in [0.717, 1.165) is 24.4 Å². The van der Waals surface area contributed by atoms with Crippen molar-refractivity contribution in [3.05, 3.63) is 41.7 Å². The Labute approximate surface area is 142 Å². The Morgan fingerprint density at radius 3 is 2.67 bits per heavy atom. The molecule has 0 saturated heterocycles. The van der Waals surface area contributed by atoms with E-state index in [1.807, 2.05) is 38.2 Å². The van der Waals surface area contributed by atoms with Crippen LogP contribution in [0.15, 0.2) is 30.6 Å². The van der Waals surface area contributed by atoms with E-state index in [2.05, 4.69) is 25.9 Å². The Kier molecular flexibility index (Phi) is 6.97. The average Bonchev–Trinajstić information content (AvgIpc) is 2.61. The molecule has 0 aliphatic carbocycles. The van der Waals surface area contributed by atoms with Crippen molar-refractivity contribution in [3.8, 4) is 5.75 Å². The summed E-state index contributed by atoms with van der Waals surface area (Å²) in [5, 5.41) is 17.2. The van der Waals surface area contributed by atoms with Crippen molar-refractivity contribution < 1.29 is 4.74 Å². The lowest BCUT2D eigenvalue weighted by atomic mass is 10.2. The summed E-state index contributed by atoms with van der Waals surface area (Å²) in [5.41, 5.74) is 1.73. The largest absolute Gasteiger partial charge is 0.494 e. The quantitative estimate of drug-likeness (QED) is 0.394. The first-order valence-electron chi connectivity index (χ1n) is 7.98. The first-order chi connectivity index (χ1) is 11.8. The van der Waals surface area contributed by atoms with Crippen LogP contribution in [0.1, 0.15) is 18.1 Å². The summed E-state index contributed by atoms with van der Waals surface area (Å²) in [6.45, 7) is 4.74. The molecule has 1 aromatic heterocycles. The maximum Gasteiger partial charge on any atom is 0.140 e. The number of nitrogens with zero attached hydrogens (tertiary/aromatic N) is 2. The van der Waals surface area contributed by atoms with Crippen LogP contribution in [0, 0.1) is 5.41 Å². The van der Waals surface area contributed by atoms with Gasteiger partial charge >= 0.3 is 0 Å². The molecule has 0 bridgehead atoms. The Hall–Kier alpha value is -2.67. The Balaban J connectivity index is 2.07. The van der Waals surface area contributed by atoms with Gasteiger partial charge in [-0.05, 0) is 31.7 Å². The van der Waals surface area contributed by atoms with Crippen molar-refractivity contribution >= 4 is 17.9 Å². The number of nitrogens with one attached hydrogen (secondary N) is 4. The Bertz CT molecular complexity index is 661. The second-order valence-electron chi connectivity index (χ2n) is 5.09. The zero-order valence-electron chi connectivity index (χ0n) is 14.1. The fourth-order valence-corrected chi connectivity index (χ4v) is 2.22. The van der Waals surface area contributed by atoms with Gasteiger partial charge in [-0.2, -0.15) is 0 Å². The number of hydrogen-bond donors (Lipinski definition) is 4. The van der Waals surface area contributed by atoms with Crippen molar-refractivity contribution in [2.45, 2.75) is 13.5 Å². The number of aromatic nitrogens is 2. The third kappa shape index (κ3) is 4.92. The van der Waals surface area contributed by atoms with E-state index in [-0.39, 0.29) is 0 Å². The fraction of sp³-hybridized carbons (Fsp3) is 0.353. The summed E-state index contributed by atoms with van der Waals surface area (Å²) in [6, 6.07) is 7.91. The highest BCUT2D eigenvalue weighted by atomic mass is 16.5. The highest BCUT2D eigenvalue weighted by Gasteiger charge is 2.09. The number of ether oxygens (including phenoxy) is 1. The van der Waals surface area contributed by atoms with Crippen LogP contribution < -0.4 is 20.7 Å². The molecule has 0 unspecified atom stereocenters. The second-order valence-corrected chi connectivity index (χ2v) is 5.09. The van der Waals surface area contributed by atoms with Crippen LogP contribution in [0.3, 0.4) is 0 Å². The van der Waals surface area contributed by atoms with E-state index in [1.165, 1.54) is 12.5 Å². The van der Waals surface area contributed by atoms with Crippen LogP contribution >= 0.6 is 0 Å². The molecule has 7 nitrogen and oxygen atoms in total. The molecule has 0 spiro atoms. The standard InChI is InChI=1S/C17H24N6O/c1-3-24-14-6-4-5-13(9-14)11-21-17-15(10-18)16(22-12-23-17)20-8-7-19-2/h4-6,9-10,12,18-19H,3,7-8,11H2,1-2H3,(H2,20,21,22,23). The van der Waals surface area contributed by atoms with Crippen molar-refractivity contribution in [1.29, 1.82) is 5.41 Å². The smallest absolute Gasteiger partial charge is 0.140 e. The molecule has 1 aromatic carbocycles. The molecule has 4 N–H and O–H groups in total. The predicted molar refractivity (Wildman–Crippen MR) is 97.3 cm³/mol. The number of hydrogen-bond acceptors (Lipinski definition) is 7. The molecule has 2 rings (SSSR count). The molecular formula is C17H24N6O. The van der Waals surface area contributed by atoms with Gasteiger partial charge < -0.3 is 26.1 Å². The van der Waals surface area contributed by atoms with Crippen molar-refractivity contribution in [1.82, 2.24) is 15.3 Å². The monoisotopic (exact) mass is 328 g/mol. The van der Waals surface area contributed by atoms with E-state index < -0.39 is 0 Å². The van der Waals surface area contributed by atoms with Gasteiger partial charge in [0.1, 0.15) is 23.7 Å². The lowest BCUT2D eigenvalue weighted by Gasteiger charge is -2.13. The van der Waals surface area contributed by atoms with Gasteiger partial charge in [-0.25, -0.2) is 9.97 Å². The Morgan fingerprint density at radius 1 is 1.17 bits per heavy atom. The second kappa shape index (κ2) is 9.46. The average molecular weight is 328 g/mol. The van der Waals surface area contributed by atoms with Crippen molar-refractivity contribution in [3.63, 3.8) is 0 Å². The SMILES string of the molecule is CCOc1cccc(CNc2ncnc(NCCNC)c2C=N)c1. The van der Waals surface area contributed by atoms with E-state index in [4.69, 9.17) is 10.1 Å². The highest BCUT2D eigenvalue weighted by Crippen LogP contribution is 2.19. The Morgan fingerprint density at radius 2 is 1.96 bits per heavy atom. The van der Waals surface area contributed by atoms with Gasteiger partial charge in [-0.3, -0.25) is 0 Å². The zero-order chi connectivity index (χ0) is 17.2. The maximum atomic E-state index is 7.66. The minimum Gasteiger partial charge on any atom is -0.494 e. The van der Waals surface area contributed by atoms with Gasteiger partial charge in [-0.15, -0.1) is 0 Å². The van der Waals surface area contributed by atoms with E-state index in [0.29, 0.717) is 30.4 Å². The topological polar surface area (TPSA) is 94.9 Å². The van der Waals surface area contributed by atoms with Crippen LogP contribution in [0.25, 0.3) is 0 Å². The summed E-state index contributed by atoms with van der Waals surface area (Å²) in [7, 11) is 1.89. The van der Waals surface area contributed by atoms with Gasteiger partial charge in [-0.1, -0.05) is 12.1 Å². The first-order valence-corrected chi connectivity index (χ1v) is 7.98. The molecule has 24 heavy (non-hydrogen) atoms. The van der Waals surface area contributed by atoms with Gasteiger partial charge in [0.05, 0.1) is 12.2 Å². The fourth-order valence-electron chi connectivity index (χ4n) is 2.22. The first kappa shape index (κ1) is 17.7.